The van der Waals surface area contributed by atoms with Crippen molar-refractivity contribution in [3.63, 3.8) is 0 Å². The smallest absolute Gasteiger partial charge is 0.250 e. The fourth-order valence-corrected chi connectivity index (χ4v) is 5.20. The molecule has 7 heteroatoms. The molecule has 0 radical (unpaired) electrons. The van der Waals surface area contributed by atoms with Gasteiger partial charge in [0, 0.05) is 6.54 Å². The highest BCUT2D eigenvalue weighted by atomic mass is 35.5. The van der Waals surface area contributed by atoms with Crippen LogP contribution in [0.25, 0.3) is 0 Å². The summed E-state index contributed by atoms with van der Waals surface area (Å²) in [6, 6.07) is 10.6. The number of hydrogen-bond donors (Lipinski definition) is 2. The van der Waals surface area contributed by atoms with Crippen molar-refractivity contribution in [2.24, 2.45) is 0 Å². The summed E-state index contributed by atoms with van der Waals surface area (Å²) in [4.78, 5) is 0. The molecule has 1 atom stereocenters. The van der Waals surface area contributed by atoms with Crippen LogP contribution in [-0.2, 0) is 22.0 Å². The van der Waals surface area contributed by atoms with Crippen LogP contribution in [0, 0.1) is 0 Å². The predicted octanol–water partition coefficient (Wildman–Crippen LogP) is 2.51. The molecule has 0 bridgehead atoms. The monoisotopic (exact) mass is 343 g/mol. The Kier molecular flexibility index (Phi) is 3.83. The van der Waals surface area contributed by atoms with Crippen molar-refractivity contribution in [2.75, 3.05) is 6.54 Å². The highest BCUT2D eigenvalue weighted by Crippen LogP contribution is 2.36. The van der Waals surface area contributed by atoms with Gasteiger partial charge in [-0.05, 0) is 36.1 Å². The molecule has 0 spiro atoms. The zero-order chi connectivity index (χ0) is 15.1. The molecule has 1 heterocycles. The van der Waals surface area contributed by atoms with Crippen molar-refractivity contribution < 1.29 is 13.5 Å². The number of nitrogens with one attached hydrogen (secondary N) is 1. The second-order valence-corrected chi connectivity index (χ2v) is 8.78. The van der Waals surface area contributed by atoms with Gasteiger partial charge in [0.1, 0.15) is 9.81 Å². The number of fused-ring (bicyclic) bond motifs is 1. The quantitative estimate of drug-likeness (QED) is 0.896. The van der Waals surface area contributed by atoms with E-state index in [0.29, 0.717) is 10.8 Å². The van der Waals surface area contributed by atoms with E-state index >= 15 is 0 Å². The van der Waals surface area contributed by atoms with Gasteiger partial charge >= 0.3 is 0 Å². The summed E-state index contributed by atoms with van der Waals surface area (Å²) in [5.41, 5.74) is 0.723. The third kappa shape index (κ3) is 2.86. The number of halogens is 1. The van der Waals surface area contributed by atoms with Gasteiger partial charge < -0.3 is 5.11 Å². The summed E-state index contributed by atoms with van der Waals surface area (Å²) in [6.45, 7) is -0.0398. The predicted molar refractivity (Wildman–Crippen MR) is 83.2 cm³/mol. The molecule has 2 N–H and O–H groups in total. The number of sulfonamides is 1. The van der Waals surface area contributed by atoms with E-state index in [1.807, 2.05) is 24.3 Å². The van der Waals surface area contributed by atoms with E-state index in [-0.39, 0.29) is 10.8 Å². The third-order valence-electron chi connectivity index (χ3n) is 3.69. The summed E-state index contributed by atoms with van der Waals surface area (Å²) in [5, 5.41) is 10.7. The van der Waals surface area contributed by atoms with Crippen LogP contribution in [0.15, 0.2) is 40.6 Å². The van der Waals surface area contributed by atoms with Crippen molar-refractivity contribution in [1.29, 1.82) is 0 Å². The molecule has 1 aromatic carbocycles. The fraction of sp³-hybridized carbons (Fsp3) is 0.286. The van der Waals surface area contributed by atoms with E-state index in [4.69, 9.17) is 11.6 Å². The van der Waals surface area contributed by atoms with Crippen molar-refractivity contribution in [3.05, 3.63) is 51.9 Å². The molecule has 0 amide bonds. The van der Waals surface area contributed by atoms with Crippen LogP contribution in [0.1, 0.15) is 17.5 Å². The average Bonchev–Trinajstić information content (AvgIpc) is 3.04. The summed E-state index contributed by atoms with van der Waals surface area (Å²) in [6.07, 6.45) is 1.26. The summed E-state index contributed by atoms with van der Waals surface area (Å²) in [5.74, 6) is 0. The van der Waals surface area contributed by atoms with E-state index in [9.17, 15) is 13.5 Å². The minimum Gasteiger partial charge on any atom is -0.384 e. The molecule has 2 aromatic rings. The first-order valence-electron chi connectivity index (χ1n) is 6.46. The summed E-state index contributed by atoms with van der Waals surface area (Å²) >= 11 is 6.76. The van der Waals surface area contributed by atoms with Crippen LogP contribution in [0.5, 0.6) is 0 Å². The standard InChI is InChI=1S/C14H14ClNO3S2/c15-12-5-6-13(20-12)21(18,19)16-9-14(17)8-7-10-3-1-2-4-11(10)14/h1-6,16-17H,7-9H2/t14-/m1/s1. The number of rotatable bonds is 4. The normalized spacial score (nSPS) is 21.4. The third-order valence-corrected chi connectivity index (χ3v) is 6.82. The maximum Gasteiger partial charge on any atom is 0.250 e. The molecule has 4 nitrogen and oxygen atoms in total. The number of aliphatic hydroxyl groups is 1. The van der Waals surface area contributed by atoms with Gasteiger partial charge in [-0.3, -0.25) is 0 Å². The van der Waals surface area contributed by atoms with Gasteiger partial charge in [0.2, 0.25) is 10.0 Å². The van der Waals surface area contributed by atoms with Crippen molar-refractivity contribution in [3.8, 4) is 0 Å². The summed E-state index contributed by atoms with van der Waals surface area (Å²) in [7, 11) is -3.64. The SMILES string of the molecule is O=S(=O)(NC[C@]1(O)CCc2ccccc21)c1ccc(Cl)s1. The van der Waals surface area contributed by atoms with Gasteiger partial charge in [-0.25, -0.2) is 13.1 Å². The van der Waals surface area contributed by atoms with Gasteiger partial charge in [0.25, 0.3) is 0 Å². The van der Waals surface area contributed by atoms with Crippen LogP contribution < -0.4 is 4.72 Å². The second-order valence-electron chi connectivity index (χ2n) is 5.07. The Morgan fingerprint density at radius 1 is 1.29 bits per heavy atom. The maximum absolute atomic E-state index is 12.2. The molecule has 0 saturated heterocycles. The lowest BCUT2D eigenvalue weighted by atomic mass is 9.96. The molecule has 112 valence electrons. The van der Waals surface area contributed by atoms with Crippen LogP contribution >= 0.6 is 22.9 Å². The molecule has 1 aromatic heterocycles. The molecule has 0 aliphatic heterocycles. The Hall–Kier alpha value is -0.920. The maximum atomic E-state index is 12.2. The molecule has 0 saturated carbocycles. The van der Waals surface area contributed by atoms with Crippen LogP contribution in [0.4, 0.5) is 0 Å². The number of thiophene rings is 1. The lowest BCUT2D eigenvalue weighted by Gasteiger charge is -2.24. The number of aryl methyl sites for hydroxylation is 1. The van der Waals surface area contributed by atoms with Gasteiger partial charge in [0.15, 0.2) is 0 Å². The van der Waals surface area contributed by atoms with Crippen LogP contribution in [0.2, 0.25) is 4.34 Å². The van der Waals surface area contributed by atoms with Crippen molar-refractivity contribution in [2.45, 2.75) is 22.7 Å². The van der Waals surface area contributed by atoms with Crippen LogP contribution in [-0.4, -0.2) is 20.1 Å². The first-order chi connectivity index (χ1) is 9.91. The van der Waals surface area contributed by atoms with Gasteiger partial charge in [-0.1, -0.05) is 35.9 Å². The van der Waals surface area contributed by atoms with E-state index in [1.165, 1.54) is 6.07 Å². The first-order valence-corrected chi connectivity index (χ1v) is 9.14. The first kappa shape index (κ1) is 15.0. The molecular formula is C14H14ClNO3S2. The fourth-order valence-electron chi connectivity index (χ4n) is 2.58. The Morgan fingerprint density at radius 3 is 2.76 bits per heavy atom. The second kappa shape index (κ2) is 5.37. The van der Waals surface area contributed by atoms with Crippen LogP contribution in [0.3, 0.4) is 0 Å². The Balaban J connectivity index is 1.79. The Bertz CT molecular complexity index is 772. The molecule has 0 unspecified atom stereocenters. The zero-order valence-electron chi connectivity index (χ0n) is 11.0. The Morgan fingerprint density at radius 2 is 2.05 bits per heavy atom. The van der Waals surface area contributed by atoms with Gasteiger partial charge in [0.05, 0.1) is 4.34 Å². The highest BCUT2D eigenvalue weighted by molar-refractivity contribution is 7.91. The van der Waals surface area contributed by atoms with E-state index < -0.39 is 15.6 Å². The lowest BCUT2D eigenvalue weighted by Crippen LogP contribution is -2.39. The van der Waals surface area contributed by atoms with Gasteiger partial charge in [-0.2, -0.15) is 0 Å². The molecule has 1 aliphatic rings. The molecule has 21 heavy (non-hydrogen) atoms. The van der Waals surface area contributed by atoms with E-state index in [2.05, 4.69) is 4.72 Å². The molecule has 1 aliphatic carbocycles. The molecular weight excluding hydrogens is 330 g/mol. The van der Waals surface area contributed by atoms with E-state index in [0.717, 1.165) is 28.9 Å². The molecule has 3 rings (SSSR count). The summed E-state index contributed by atoms with van der Waals surface area (Å²) < 4.78 is 27.4. The largest absolute Gasteiger partial charge is 0.384 e. The number of benzene rings is 1. The highest BCUT2D eigenvalue weighted by Gasteiger charge is 2.37. The minimum atomic E-state index is -3.64. The van der Waals surface area contributed by atoms with E-state index in [1.54, 1.807) is 6.07 Å². The lowest BCUT2D eigenvalue weighted by molar-refractivity contribution is 0.0442. The topological polar surface area (TPSA) is 66.4 Å². The zero-order valence-corrected chi connectivity index (χ0v) is 13.4. The minimum absolute atomic E-state index is 0.0398. The number of hydrogen-bond acceptors (Lipinski definition) is 4. The van der Waals surface area contributed by atoms with Crippen molar-refractivity contribution in [1.82, 2.24) is 4.72 Å². The van der Waals surface area contributed by atoms with Crippen molar-refractivity contribution >= 4 is 33.0 Å². The Labute approximate surface area is 132 Å². The molecule has 0 fully saturated rings. The average molecular weight is 344 g/mol. The van der Waals surface area contributed by atoms with Gasteiger partial charge in [-0.15, -0.1) is 11.3 Å².